The lowest BCUT2D eigenvalue weighted by atomic mass is 10.1. The first kappa shape index (κ1) is 15.1. The van der Waals surface area contributed by atoms with E-state index < -0.39 is 25.6 Å². The molecule has 0 radical (unpaired) electrons. The van der Waals surface area contributed by atoms with Crippen molar-refractivity contribution in [3.8, 4) is 0 Å². The first-order valence-electron chi connectivity index (χ1n) is 5.42. The van der Waals surface area contributed by atoms with Gasteiger partial charge in [-0.3, -0.25) is 0 Å². The number of nitrogens with one attached hydrogen (secondary N) is 1. The summed E-state index contributed by atoms with van der Waals surface area (Å²) in [5, 5.41) is 0. The average molecular weight is 291 g/mol. The van der Waals surface area contributed by atoms with Gasteiger partial charge in [-0.15, -0.1) is 0 Å². The molecule has 0 aromatic heterocycles. The lowest BCUT2D eigenvalue weighted by Gasteiger charge is -2.14. The van der Waals surface area contributed by atoms with Gasteiger partial charge in [-0.1, -0.05) is 30.3 Å². The Kier molecular flexibility index (Phi) is 4.89. The Morgan fingerprint density at radius 3 is 2.11 bits per heavy atom. The lowest BCUT2D eigenvalue weighted by Crippen LogP contribution is -2.31. The normalized spacial score (nSPS) is 14.3. The van der Waals surface area contributed by atoms with E-state index in [1.807, 2.05) is 30.3 Å². The van der Waals surface area contributed by atoms with Gasteiger partial charge >= 0.3 is 0 Å². The molecule has 0 aliphatic heterocycles. The molecule has 0 aliphatic rings. The van der Waals surface area contributed by atoms with Crippen LogP contribution in [-0.4, -0.2) is 34.6 Å². The fraction of sp³-hybridized carbons (Fsp3) is 0.455. The molecule has 1 rings (SSSR count). The number of rotatable bonds is 6. The van der Waals surface area contributed by atoms with Crippen LogP contribution in [0.3, 0.4) is 0 Å². The number of sulfonamides is 1. The zero-order valence-corrected chi connectivity index (χ0v) is 12.0. The zero-order chi connectivity index (χ0) is 13.8. The highest BCUT2D eigenvalue weighted by Crippen LogP contribution is 2.12. The van der Waals surface area contributed by atoms with E-state index in [1.165, 1.54) is 0 Å². The maximum absolute atomic E-state index is 11.7. The van der Waals surface area contributed by atoms with E-state index >= 15 is 0 Å². The fourth-order valence-corrected chi connectivity index (χ4v) is 4.28. The summed E-state index contributed by atoms with van der Waals surface area (Å²) in [4.78, 5) is 0. The van der Waals surface area contributed by atoms with Gasteiger partial charge in [0.1, 0.15) is 9.84 Å². The topological polar surface area (TPSA) is 80.3 Å². The van der Waals surface area contributed by atoms with Crippen LogP contribution in [0.25, 0.3) is 0 Å². The molecule has 1 N–H and O–H groups in total. The first-order chi connectivity index (χ1) is 8.20. The summed E-state index contributed by atoms with van der Waals surface area (Å²) in [6.45, 7) is 1.72. The second-order valence-corrected chi connectivity index (χ2v) is 8.33. The Hall–Kier alpha value is -0.920. The van der Waals surface area contributed by atoms with Gasteiger partial charge < -0.3 is 0 Å². The zero-order valence-electron chi connectivity index (χ0n) is 10.3. The molecule has 0 heterocycles. The van der Waals surface area contributed by atoms with Crippen molar-refractivity contribution >= 4 is 19.9 Å². The van der Waals surface area contributed by atoms with Crippen molar-refractivity contribution in [1.29, 1.82) is 0 Å². The summed E-state index contributed by atoms with van der Waals surface area (Å²) >= 11 is 0. The molecular weight excluding hydrogens is 274 g/mol. The summed E-state index contributed by atoms with van der Waals surface area (Å²) in [5.74, 6) is -0.785. The quantitative estimate of drug-likeness (QED) is 0.837. The molecule has 1 atom stereocenters. The van der Waals surface area contributed by atoms with E-state index in [0.717, 1.165) is 11.8 Å². The van der Waals surface area contributed by atoms with Crippen molar-refractivity contribution in [2.24, 2.45) is 0 Å². The minimum absolute atomic E-state index is 0.371. The summed E-state index contributed by atoms with van der Waals surface area (Å²) in [6, 6.07) is 8.71. The van der Waals surface area contributed by atoms with Crippen LogP contribution < -0.4 is 4.72 Å². The second-order valence-electron chi connectivity index (χ2n) is 4.20. The molecule has 1 aromatic rings. The largest absolute Gasteiger partial charge is 0.229 e. The third-order valence-corrected chi connectivity index (χ3v) is 5.04. The van der Waals surface area contributed by atoms with Gasteiger partial charge in [-0.25, -0.2) is 21.6 Å². The van der Waals surface area contributed by atoms with Gasteiger partial charge in [-0.2, -0.15) is 0 Å². The minimum atomic E-state index is -3.59. The maximum Gasteiger partial charge on any atom is 0.213 e. The van der Waals surface area contributed by atoms with Gasteiger partial charge in [0.2, 0.25) is 10.0 Å². The molecule has 0 saturated carbocycles. The van der Waals surface area contributed by atoms with E-state index in [9.17, 15) is 16.8 Å². The van der Waals surface area contributed by atoms with Gasteiger partial charge in [-0.05, 0) is 12.5 Å². The van der Waals surface area contributed by atoms with Crippen molar-refractivity contribution in [3.63, 3.8) is 0 Å². The SMILES string of the molecule is C[C@H](NS(=O)(=O)CCS(C)(=O)=O)c1ccccc1. The van der Waals surface area contributed by atoms with Crippen LogP contribution in [0.2, 0.25) is 0 Å². The minimum Gasteiger partial charge on any atom is -0.229 e. The van der Waals surface area contributed by atoms with Gasteiger partial charge in [0.05, 0.1) is 11.5 Å². The van der Waals surface area contributed by atoms with Crippen LogP contribution in [0.5, 0.6) is 0 Å². The van der Waals surface area contributed by atoms with Gasteiger partial charge in [0.15, 0.2) is 0 Å². The molecule has 0 saturated heterocycles. The predicted molar refractivity (Wildman–Crippen MR) is 71.5 cm³/mol. The van der Waals surface area contributed by atoms with E-state index in [-0.39, 0.29) is 11.8 Å². The third-order valence-electron chi connectivity index (χ3n) is 2.38. The Balaban J connectivity index is 2.67. The van der Waals surface area contributed by atoms with Crippen molar-refractivity contribution in [3.05, 3.63) is 35.9 Å². The molecule has 0 spiro atoms. The van der Waals surface area contributed by atoms with Crippen molar-refractivity contribution < 1.29 is 16.8 Å². The van der Waals surface area contributed by atoms with Crippen molar-refractivity contribution in [2.75, 3.05) is 17.8 Å². The van der Waals surface area contributed by atoms with Gasteiger partial charge in [0.25, 0.3) is 0 Å². The molecule has 0 amide bonds. The van der Waals surface area contributed by atoms with Crippen LogP contribution in [0.4, 0.5) is 0 Å². The number of sulfone groups is 1. The molecule has 18 heavy (non-hydrogen) atoms. The van der Waals surface area contributed by atoms with E-state index in [0.29, 0.717) is 0 Å². The molecule has 102 valence electrons. The second kappa shape index (κ2) is 5.81. The monoisotopic (exact) mass is 291 g/mol. The van der Waals surface area contributed by atoms with Crippen LogP contribution in [0.15, 0.2) is 30.3 Å². The molecule has 7 heteroatoms. The van der Waals surface area contributed by atoms with Gasteiger partial charge in [0, 0.05) is 12.3 Å². The summed E-state index contributed by atoms with van der Waals surface area (Å²) < 4.78 is 47.7. The number of benzene rings is 1. The number of hydrogen-bond acceptors (Lipinski definition) is 4. The van der Waals surface area contributed by atoms with Crippen LogP contribution in [0, 0.1) is 0 Å². The fourth-order valence-electron chi connectivity index (χ4n) is 1.40. The molecule has 1 aromatic carbocycles. The third kappa shape index (κ3) is 5.61. The molecule has 0 bridgehead atoms. The van der Waals surface area contributed by atoms with E-state index in [4.69, 9.17) is 0 Å². The Bertz CT molecular complexity index is 579. The molecular formula is C11H17NO4S2. The van der Waals surface area contributed by atoms with Crippen LogP contribution in [0.1, 0.15) is 18.5 Å². The lowest BCUT2D eigenvalue weighted by molar-refractivity contribution is 0.566. The summed E-state index contributed by atoms with van der Waals surface area (Å²) in [5.41, 5.74) is 0.834. The molecule has 5 nitrogen and oxygen atoms in total. The van der Waals surface area contributed by atoms with Crippen molar-refractivity contribution in [1.82, 2.24) is 4.72 Å². The highest BCUT2D eigenvalue weighted by molar-refractivity contribution is 7.93. The summed E-state index contributed by atoms with van der Waals surface area (Å²) in [7, 11) is -6.87. The Morgan fingerprint density at radius 1 is 1.06 bits per heavy atom. The molecule has 0 unspecified atom stereocenters. The average Bonchev–Trinajstić information content (AvgIpc) is 2.26. The molecule has 0 aliphatic carbocycles. The number of hydrogen-bond donors (Lipinski definition) is 1. The summed E-state index contributed by atoms with van der Waals surface area (Å²) in [6.07, 6.45) is 1.02. The van der Waals surface area contributed by atoms with Crippen LogP contribution in [-0.2, 0) is 19.9 Å². The Labute approximate surface area is 108 Å². The van der Waals surface area contributed by atoms with E-state index in [1.54, 1.807) is 6.92 Å². The van der Waals surface area contributed by atoms with E-state index in [2.05, 4.69) is 4.72 Å². The van der Waals surface area contributed by atoms with Crippen LogP contribution >= 0.6 is 0 Å². The maximum atomic E-state index is 11.7. The Morgan fingerprint density at radius 2 is 1.61 bits per heavy atom. The first-order valence-corrected chi connectivity index (χ1v) is 9.13. The standard InChI is InChI=1S/C11H17NO4S2/c1-10(11-6-4-3-5-7-11)12-18(15,16)9-8-17(2,13)14/h3-7,10,12H,8-9H2,1-2H3/t10-/m0/s1. The highest BCUT2D eigenvalue weighted by Gasteiger charge is 2.17. The van der Waals surface area contributed by atoms with Crippen molar-refractivity contribution in [2.45, 2.75) is 13.0 Å². The highest BCUT2D eigenvalue weighted by atomic mass is 32.2. The smallest absolute Gasteiger partial charge is 0.213 e. The molecule has 0 fully saturated rings. The predicted octanol–water partition coefficient (Wildman–Crippen LogP) is 0.712.